The van der Waals surface area contributed by atoms with E-state index >= 15 is 0 Å². The average Bonchev–Trinajstić information content (AvgIpc) is 2.82. The van der Waals surface area contributed by atoms with Gasteiger partial charge in [-0.25, -0.2) is 4.98 Å². The number of aromatic nitrogens is 2. The van der Waals surface area contributed by atoms with Gasteiger partial charge in [0.2, 0.25) is 0 Å². The maximum Gasteiger partial charge on any atom is 0.105 e. The number of halogens is 1. The third-order valence-corrected chi connectivity index (χ3v) is 4.02. The minimum atomic E-state index is 0.561. The Kier molecular flexibility index (Phi) is 3.87. The molecule has 1 aromatic heterocycles. The molecule has 0 aliphatic carbocycles. The summed E-state index contributed by atoms with van der Waals surface area (Å²) >= 11 is 6.03. The molecule has 1 aliphatic heterocycles. The van der Waals surface area contributed by atoms with Crippen LogP contribution in [0.2, 0.25) is 0 Å². The van der Waals surface area contributed by atoms with Crippen molar-refractivity contribution < 1.29 is 0 Å². The highest BCUT2D eigenvalue weighted by Gasteiger charge is 2.29. The fourth-order valence-corrected chi connectivity index (χ4v) is 2.99. The molecule has 0 saturated carbocycles. The van der Waals surface area contributed by atoms with E-state index in [-0.39, 0.29) is 0 Å². The third-order valence-electron chi connectivity index (χ3n) is 3.71. The first-order valence-corrected chi connectivity index (χ1v) is 6.53. The summed E-state index contributed by atoms with van der Waals surface area (Å²) < 4.78 is 2.20. The molecule has 2 rings (SSSR count). The van der Waals surface area contributed by atoms with Crippen LogP contribution >= 0.6 is 11.6 Å². The van der Waals surface area contributed by atoms with Crippen LogP contribution in [0.5, 0.6) is 0 Å². The highest BCUT2D eigenvalue weighted by molar-refractivity contribution is 6.18. The Morgan fingerprint density at radius 1 is 1.50 bits per heavy atom. The first kappa shape index (κ1) is 11.9. The number of rotatable bonds is 4. The molecule has 0 bridgehead atoms. The minimum absolute atomic E-state index is 0.561. The normalized spacial score (nSPS) is 26.4. The SMILES string of the molecule is Cc1nccn1CCN1CCC(C)C1CCl. The topological polar surface area (TPSA) is 21.1 Å². The van der Waals surface area contributed by atoms with Gasteiger partial charge in [0, 0.05) is 37.4 Å². The molecule has 1 aliphatic rings. The first-order valence-electron chi connectivity index (χ1n) is 6.00. The van der Waals surface area contributed by atoms with Gasteiger partial charge in [-0.1, -0.05) is 6.92 Å². The lowest BCUT2D eigenvalue weighted by Crippen LogP contribution is -2.36. The number of alkyl halides is 1. The van der Waals surface area contributed by atoms with Crippen molar-refractivity contribution >= 4 is 11.6 Å². The zero-order chi connectivity index (χ0) is 11.5. The van der Waals surface area contributed by atoms with Gasteiger partial charge < -0.3 is 4.57 Å². The molecule has 3 nitrogen and oxygen atoms in total. The summed E-state index contributed by atoms with van der Waals surface area (Å²) in [7, 11) is 0. The van der Waals surface area contributed by atoms with Gasteiger partial charge in [-0.3, -0.25) is 4.90 Å². The molecule has 16 heavy (non-hydrogen) atoms. The molecule has 0 spiro atoms. The van der Waals surface area contributed by atoms with E-state index in [1.807, 2.05) is 19.3 Å². The van der Waals surface area contributed by atoms with E-state index in [0.29, 0.717) is 6.04 Å². The van der Waals surface area contributed by atoms with E-state index in [4.69, 9.17) is 11.6 Å². The minimum Gasteiger partial charge on any atom is -0.334 e. The quantitative estimate of drug-likeness (QED) is 0.754. The van der Waals surface area contributed by atoms with Gasteiger partial charge in [-0.2, -0.15) is 0 Å². The second kappa shape index (κ2) is 5.19. The Hall–Kier alpha value is -0.540. The maximum atomic E-state index is 6.03. The number of hydrogen-bond donors (Lipinski definition) is 0. The first-order chi connectivity index (χ1) is 7.72. The fraction of sp³-hybridized carbons (Fsp3) is 0.750. The second-order valence-electron chi connectivity index (χ2n) is 4.69. The van der Waals surface area contributed by atoms with Crippen molar-refractivity contribution in [1.29, 1.82) is 0 Å². The molecule has 2 heterocycles. The molecule has 2 unspecified atom stereocenters. The molecular weight excluding hydrogens is 222 g/mol. The molecule has 1 saturated heterocycles. The van der Waals surface area contributed by atoms with E-state index < -0.39 is 0 Å². The summed E-state index contributed by atoms with van der Waals surface area (Å²) in [5.41, 5.74) is 0. The Morgan fingerprint density at radius 2 is 2.31 bits per heavy atom. The zero-order valence-electron chi connectivity index (χ0n) is 10.1. The summed E-state index contributed by atoms with van der Waals surface area (Å²) in [6.07, 6.45) is 5.19. The summed E-state index contributed by atoms with van der Waals surface area (Å²) in [5, 5.41) is 0. The van der Waals surface area contributed by atoms with Crippen molar-refractivity contribution in [2.45, 2.75) is 32.9 Å². The van der Waals surface area contributed by atoms with Crippen LogP contribution in [0.1, 0.15) is 19.2 Å². The largest absolute Gasteiger partial charge is 0.334 e. The standard InChI is InChI=1S/C12H20ClN3/c1-10-3-5-16(12(10)9-13)8-7-15-6-4-14-11(15)2/h4,6,10,12H,3,5,7-9H2,1-2H3. The number of likely N-dealkylation sites (tertiary alicyclic amines) is 1. The Balaban J connectivity index is 1.89. The predicted molar refractivity (Wildman–Crippen MR) is 66.8 cm³/mol. The summed E-state index contributed by atoms with van der Waals surface area (Å²) in [6.45, 7) is 7.64. The van der Waals surface area contributed by atoms with Crippen LogP contribution in [0, 0.1) is 12.8 Å². The number of hydrogen-bond acceptors (Lipinski definition) is 2. The lowest BCUT2D eigenvalue weighted by molar-refractivity contribution is 0.240. The molecule has 0 N–H and O–H groups in total. The van der Waals surface area contributed by atoms with Crippen LogP contribution in [0.4, 0.5) is 0 Å². The Labute approximate surface area is 102 Å². The average molecular weight is 242 g/mol. The van der Waals surface area contributed by atoms with Crippen molar-refractivity contribution in [1.82, 2.24) is 14.5 Å². The molecule has 0 aromatic carbocycles. The second-order valence-corrected chi connectivity index (χ2v) is 5.00. The maximum absolute atomic E-state index is 6.03. The van der Waals surface area contributed by atoms with Crippen molar-refractivity contribution in [3.8, 4) is 0 Å². The molecule has 0 radical (unpaired) electrons. The van der Waals surface area contributed by atoms with Gasteiger partial charge in [-0.15, -0.1) is 11.6 Å². The lowest BCUT2D eigenvalue weighted by Gasteiger charge is -2.25. The van der Waals surface area contributed by atoms with Crippen molar-refractivity contribution in [2.75, 3.05) is 19.0 Å². The lowest BCUT2D eigenvalue weighted by atomic mass is 10.1. The van der Waals surface area contributed by atoms with Crippen LogP contribution in [0.25, 0.3) is 0 Å². The Morgan fingerprint density at radius 3 is 2.94 bits per heavy atom. The van der Waals surface area contributed by atoms with Gasteiger partial charge in [0.15, 0.2) is 0 Å². The number of aryl methyl sites for hydroxylation is 1. The summed E-state index contributed by atoms with van der Waals surface area (Å²) in [4.78, 5) is 6.75. The molecule has 0 amide bonds. The molecule has 1 fully saturated rings. The van der Waals surface area contributed by atoms with Crippen LogP contribution in [-0.2, 0) is 6.54 Å². The van der Waals surface area contributed by atoms with Gasteiger partial charge in [0.25, 0.3) is 0 Å². The number of nitrogens with zero attached hydrogens (tertiary/aromatic N) is 3. The molecule has 4 heteroatoms. The monoisotopic (exact) mass is 241 g/mol. The van der Waals surface area contributed by atoms with Crippen molar-refractivity contribution in [3.05, 3.63) is 18.2 Å². The van der Waals surface area contributed by atoms with E-state index in [1.165, 1.54) is 13.0 Å². The van der Waals surface area contributed by atoms with Gasteiger partial charge in [0.1, 0.15) is 5.82 Å². The van der Waals surface area contributed by atoms with Crippen molar-refractivity contribution in [2.24, 2.45) is 5.92 Å². The van der Waals surface area contributed by atoms with Crippen molar-refractivity contribution in [3.63, 3.8) is 0 Å². The smallest absolute Gasteiger partial charge is 0.105 e. The van der Waals surface area contributed by atoms with E-state index in [9.17, 15) is 0 Å². The predicted octanol–water partition coefficient (Wildman–Crippen LogP) is 2.14. The van der Waals surface area contributed by atoms with Crippen LogP contribution in [0.15, 0.2) is 12.4 Å². The van der Waals surface area contributed by atoms with E-state index in [0.717, 1.165) is 30.7 Å². The molecule has 2 atom stereocenters. The van der Waals surface area contributed by atoms with Gasteiger partial charge in [-0.05, 0) is 25.8 Å². The third kappa shape index (κ3) is 2.41. The van der Waals surface area contributed by atoms with Gasteiger partial charge in [0.05, 0.1) is 0 Å². The summed E-state index contributed by atoms with van der Waals surface area (Å²) in [5.74, 6) is 2.58. The Bertz CT molecular complexity index is 337. The molecule has 90 valence electrons. The van der Waals surface area contributed by atoms with E-state index in [2.05, 4.69) is 21.4 Å². The molecule has 1 aromatic rings. The highest BCUT2D eigenvalue weighted by Crippen LogP contribution is 2.24. The van der Waals surface area contributed by atoms with Gasteiger partial charge >= 0.3 is 0 Å². The molecular formula is C12H20ClN3. The highest BCUT2D eigenvalue weighted by atomic mass is 35.5. The van der Waals surface area contributed by atoms with E-state index in [1.54, 1.807) is 0 Å². The summed E-state index contributed by atoms with van der Waals surface area (Å²) in [6, 6.07) is 0.561. The van der Waals surface area contributed by atoms with Crippen LogP contribution in [0.3, 0.4) is 0 Å². The van der Waals surface area contributed by atoms with Crippen LogP contribution in [-0.4, -0.2) is 39.5 Å². The van der Waals surface area contributed by atoms with Crippen LogP contribution < -0.4 is 0 Å². The number of imidazole rings is 1. The fourth-order valence-electron chi connectivity index (χ4n) is 2.49. The zero-order valence-corrected chi connectivity index (χ0v) is 10.8.